The molecule has 2 nitrogen and oxygen atoms in total. The molecule has 0 spiro atoms. The Morgan fingerprint density at radius 2 is 1.10 bits per heavy atom. The highest BCUT2D eigenvalue weighted by atomic mass is 16.1. The average Bonchev–Trinajstić information content (AvgIpc) is 2.46. The van der Waals surface area contributed by atoms with Crippen molar-refractivity contribution in [2.75, 3.05) is 13.1 Å². The average molecular weight is 298 g/mol. The Balaban J connectivity index is 2.95. The Morgan fingerprint density at radius 1 is 0.667 bits per heavy atom. The van der Waals surface area contributed by atoms with Crippen molar-refractivity contribution in [3.05, 3.63) is 0 Å². The van der Waals surface area contributed by atoms with Crippen LogP contribution in [0, 0.1) is 0 Å². The van der Waals surface area contributed by atoms with Crippen molar-refractivity contribution >= 4 is 5.78 Å². The van der Waals surface area contributed by atoms with E-state index in [2.05, 4.69) is 12.2 Å². The molecule has 0 amide bonds. The molecule has 0 aromatic carbocycles. The second-order valence-electron chi connectivity index (χ2n) is 6.44. The Labute approximate surface area is 133 Å². The number of Topliss-reactive ketones (excluding diaryl/α,β-unsaturated/α-hetero) is 1. The number of rotatable bonds is 17. The van der Waals surface area contributed by atoms with Crippen LogP contribution in [0.1, 0.15) is 104 Å². The fraction of sp³-hybridized carbons (Fsp3) is 0.947. The number of carbonyl (C=O) groups excluding carboxylic acids is 1. The molecule has 0 atom stereocenters. The number of hydrogen-bond acceptors (Lipinski definition) is 2. The predicted octanol–water partition coefficient (Wildman–Crippen LogP) is 5.65. The monoisotopic (exact) mass is 297 g/mol. The highest BCUT2D eigenvalue weighted by molar-refractivity contribution is 5.75. The van der Waals surface area contributed by atoms with E-state index < -0.39 is 0 Å². The molecule has 0 radical (unpaired) electrons. The molecule has 0 saturated heterocycles. The summed E-state index contributed by atoms with van der Waals surface area (Å²) in [7, 11) is 0. The number of hydrogen-bond donors (Lipinski definition) is 1. The van der Waals surface area contributed by atoms with E-state index in [0.717, 1.165) is 12.8 Å². The van der Waals surface area contributed by atoms with E-state index in [1.165, 1.54) is 90.1 Å². The molecule has 0 heterocycles. The molecule has 126 valence electrons. The molecule has 0 rings (SSSR count). The highest BCUT2D eigenvalue weighted by Gasteiger charge is 1.95. The van der Waals surface area contributed by atoms with Crippen LogP contribution >= 0.6 is 0 Å². The molecule has 0 fully saturated rings. The van der Waals surface area contributed by atoms with Gasteiger partial charge in [-0.3, -0.25) is 0 Å². The molecule has 0 aromatic heterocycles. The standard InChI is InChI=1S/C19H39NO/c1-3-17-20-18-15-13-11-9-7-5-4-6-8-10-12-14-16-19(2)21/h20H,3-18H2,1-2H3. The third kappa shape index (κ3) is 19.6. The molecule has 0 unspecified atom stereocenters. The van der Waals surface area contributed by atoms with Crippen LogP contribution in [-0.2, 0) is 4.79 Å². The molecule has 0 aliphatic rings. The molecular weight excluding hydrogens is 258 g/mol. The summed E-state index contributed by atoms with van der Waals surface area (Å²) in [6.45, 7) is 6.30. The van der Waals surface area contributed by atoms with Crippen molar-refractivity contribution in [3.63, 3.8) is 0 Å². The number of nitrogens with one attached hydrogen (secondary N) is 1. The maximum Gasteiger partial charge on any atom is 0.129 e. The number of carbonyl (C=O) groups is 1. The molecule has 0 bridgehead atoms. The van der Waals surface area contributed by atoms with E-state index in [0.29, 0.717) is 5.78 Å². The third-order valence-corrected chi connectivity index (χ3v) is 4.06. The quantitative estimate of drug-likeness (QED) is 0.352. The minimum atomic E-state index is 0.344. The molecule has 21 heavy (non-hydrogen) atoms. The van der Waals surface area contributed by atoms with Crippen molar-refractivity contribution in [1.29, 1.82) is 0 Å². The van der Waals surface area contributed by atoms with Gasteiger partial charge < -0.3 is 10.1 Å². The lowest BCUT2D eigenvalue weighted by atomic mass is 10.0. The first kappa shape index (κ1) is 20.6. The largest absolute Gasteiger partial charge is 0.317 e. The van der Waals surface area contributed by atoms with Crippen molar-refractivity contribution in [2.45, 2.75) is 104 Å². The van der Waals surface area contributed by atoms with E-state index in [1.807, 2.05) is 0 Å². The molecule has 1 N–H and O–H groups in total. The first-order valence-corrected chi connectivity index (χ1v) is 9.47. The van der Waals surface area contributed by atoms with Gasteiger partial charge in [-0.1, -0.05) is 71.1 Å². The van der Waals surface area contributed by atoms with Crippen LogP contribution in [0.25, 0.3) is 0 Å². The summed E-state index contributed by atoms with van der Waals surface area (Å²) < 4.78 is 0. The Bertz CT molecular complexity index is 216. The molecule has 0 aliphatic carbocycles. The molecule has 2 heteroatoms. The minimum absolute atomic E-state index is 0.344. The maximum absolute atomic E-state index is 10.8. The van der Waals surface area contributed by atoms with Gasteiger partial charge in [-0.05, 0) is 39.3 Å². The van der Waals surface area contributed by atoms with Gasteiger partial charge >= 0.3 is 0 Å². The zero-order valence-electron chi connectivity index (χ0n) is 14.7. The van der Waals surface area contributed by atoms with Crippen LogP contribution in [0.3, 0.4) is 0 Å². The van der Waals surface area contributed by atoms with E-state index in [-0.39, 0.29) is 0 Å². The molecule has 0 aliphatic heterocycles. The maximum atomic E-state index is 10.8. The topological polar surface area (TPSA) is 29.1 Å². The molecular formula is C19H39NO. The third-order valence-electron chi connectivity index (χ3n) is 4.06. The van der Waals surface area contributed by atoms with E-state index >= 15 is 0 Å². The lowest BCUT2D eigenvalue weighted by molar-refractivity contribution is -0.117. The van der Waals surface area contributed by atoms with Crippen molar-refractivity contribution < 1.29 is 4.79 Å². The normalized spacial score (nSPS) is 11.0. The number of unbranched alkanes of at least 4 members (excludes halogenated alkanes) is 11. The summed E-state index contributed by atoms with van der Waals surface area (Å²) >= 11 is 0. The van der Waals surface area contributed by atoms with E-state index in [9.17, 15) is 4.79 Å². The predicted molar refractivity (Wildman–Crippen MR) is 93.9 cm³/mol. The van der Waals surface area contributed by atoms with Crippen LogP contribution in [-0.4, -0.2) is 18.9 Å². The summed E-state index contributed by atoms with van der Waals surface area (Å²) in [5.74, 6) is 0.344. The van der Waals surface area contributed by atoms with Gasteiger partial charge in [0.25, 0.3) is 0 Å². The van der Waals surface area contributed by atoms with E-state index in [4.69, 9.17) is 0 Å². The van der Waals surface area contributed by atoms with Gasteiger partial charge in [-0.15, -0.1) is 0 Å². The highest BCUT2D eigenvalue weighted by Crippen LogP contribution is 2.12. The molecule has 0 saturated carbocycles. The number of ketones is 1. The summed E-state index contributed by atoms with van der Waals surface area (Å²) in [6, 6.07) is 0. The lowest BCUT2D eigenvalue weighted by Gasteiger charge is -2.04. The SMILES string of the molecule is CCCNCCCCCCCCCCCCCCC(C)=O. The Morgan fingerprint density at radius 3 is 1.52 bits per heavy atom. The summed E-state index contributed by atoms with van der Waals surface area (Å²) in [5, 5.41) is 3.46. The molecule has 0 aromatic rings. The summed E-state index contributed by atoms with van der Waals surface area (Å²) in [6.07, 6.45) is 18.3. The van der Waals surface area contributed by atoms with Crippen molar-refractivity contribution in [3.8, 4) is 0 Å². The fourth-order valence-corrected chi connectivity index (χ4v) is 2.69. The Kier molecular flexibility index (Phi) is 17.4. The van der Waals surface area contributed by atoms with Crippen LogP contribution in [0.2, 0.25) is 0 Å². The smallest absolute Gasteiger partial charge is 0.129 e. The van der Waals surface area contributed by atoms with Crippen LogP contribution < -0.4 is 5.32 Å². The first-order chi connectivity index (χ1) is 10.3. The first-order valence-electron chi connectivity index (χ1n) is 9.47. The van der Waals surface area contributed by atoms with Gasteiger partial charge in [0, 0.05) is 6.42 Å². The summed E-state index contributed by atoms with van der Waals surface area (Å²) in [5.41, 5.74) is 0. The van der Waals surface area contributed by atoms with Crippen LogP contribution in [0.4, 0.5) is 0 Å². The van der Waals surface area contributed by atoms with Gasteiger partial charge in [-0.25, -0.2) is 0 Å². The fourth-order valence-electron chi connectivity index (χ4n) is 2.69. The zero-order chi connectivity index (χ0) is 15.6. The van der Waals surface area contributed by atoms with Gasteiger partial charge in [0.05, 0.1) is 0 Å². The van der Waals surface area contributed by atoms with E-state index in [1.54, 1.807) is 6.92 Å². The second-order valence-corrected chi connectivity index (χ2v) is 6.44. The summed E-state index contributed by atoms with van der Waals surface area (Å²) in [4.78, 5) is 10.8. The van der Waals surface area contributed by atoms with Gasteiger partial charge in [0.1, 0.15) is 5.78 Å². The van der Waals surface area contributed by atoms with Gasteiger partial charge in [-0.2, -0.15) is 0 Å². The second kappa shape index (κ2) is 17.7. The Hall–Kier alpha value is -0.370. The van der Waals surface area contributed by atoms with Crippen molar-refractivity contribution in [2.24, 2.45) is 0 Å². The lowest BCUT2D eigenvalue weighted by Crippen LogP contribution is -2.15. The zero-order valence-corrected chi connectivity index (χ0v) is 14.7. The van der Waals surface area contributed by atoms with Crippen LogP contribution in [0.5, 0.6) is 0 Å². The van der Waals surface area contributed by atoms with Gasteiger partial charge in [0.2, 0.25) is 0 Å². The van der Waals surface area contributed by atoms with Crippen molar-refractivity contribution in [1.82, 2.24) is 5.32 Å². The minimum Gasteiger partial charge on any atom is -0.317 e. The van der Waals surface area contributed by atoms with Gasteiger partial charge in [0.15, 0.2) is 0 Å². The van der Waals surface area contributed by atoms with Crippen LogP contribution in [0.15, 0.2) is 0 Å².